The zero-order valence-corrected chi connectivity index (χ0v) is 10.7. The van der Waals surface area contributed by atoms with Gasteiger partial charge in [0.25, 0.3) is 0 Å². The molecule has 0 aromatic carbocycles. The Hall–Kier alpha value is -0.920. The standard InChI is InChI=1S/C9H17N3O3S/c1-6(5-10)12(4)16(13,14)9-7(2)11-15-8(9)3/h6H,5,10H2,1-4H3. The molecule has 6 nitrogen and oxygen atoms in total. The van der Waals surface area contributed by atoms with Crippen molar-refractivity contribution in [3.05, 3.63) is 11.5 Å². The van der Waals surface area contributed by atoms with Crippen molar-refractivity contribution in [3.63, 3.8) is 0 Å². The molecule has 1 unspecified atom stereocenters. The van der Waals surface area contributed by atoms with Crippen molar-refractivity contribution in [2.45, 2.75) is 31.7 Å². The highest BCUT2D eigenvalue weighted by Crippen LogP contribution is 2.23. The molecule has 0 aliphatic carbocycles. The van der Waals surface area contributed by atoms with E-state index in [4.69, 9.17) is 10.3 Å². The molecule has 7 heteroatoms. The van der Waals surface area contributed by atoms with Crippen LogP contribution in [0.5, 0.6) is 0 Å². The van der Waals surface area contributed by atoms with Gasteiger partial charge in [0.1, 0.15) is 10.6 Å². The summed E-state index contributed by atoms with van der Waals surface area (Å²) < 4.78 is 30.5. The van der Waals surface area contributed by atoms with Crippen LogP contribution in [-0.4, -0.2) is 37.5 Å². The molecular formula is C9H17N3O3S. The van der Waals surface area contributed by atoms with E-state index in [1.54, 1.807) is 20.8 Å². The molecule has 0 saturated heterocycles. The number of hydrogen-bond acceptors (Lipinski definition) is 5. The summed E-state index contributed by atoms with van der Waals surface area (Å²) in [6.45, 7) is 5.19. The van der Waals surface area contributed by atoms with Crippen molar-refractivity contribution in [3.8, 4) is 0 Å². The number of likely N-dealkylation sites (N-methyl/N-ethyl adjacent to an activating group) is 1. The van der Waals surface area contributed by atoms with Crippen molar-refractivity contribution >= 4 is 10.0 Å². The van der Waals surface area contributed by atoms with E-state index in [0.717, 1.165) is 0 Å². The van der Waals surface area contributed by atoms with Crippen LogP contribution in [0.4, 0.5) is 0 Å². The number of nitrogens with two attached hydrogens (primary N) is 1. The Morgan fingerprint density at radius 1 is 1.50 bits per heavy atom. The number of sulfonamides is 1. The van der Waals surface area contributed by atoms with E-state index >= 15 is 0 Å². The average Bonchev–Trinajstić information content (AvgIpc) is 2.56. The lowest BCUT2D eigenvalue weighted by atomic mass is 10.4. The zero-order valence-electron chi connectivity index (χ0n) is 9.89. The molecule has 16 heavy (non-hydrogen) atoms. The number of aryl methyl sites for hydroxylation is 2. The summed E-state index contributed by atoms with van der Waals surface area (Å²) in [4.78, 5) is 0.135. The SMILES string of the molecule is Cc1noc(C)c1S(=O)(=O)N(C)C(C)CN. The van der Waals surface area contributed by atoms with Crippen LogP contribution in [0.3, 0.4) is 0 Å². The highest BCUT2D eigenvalue weighted by atomic mass is 32.2. The molecule has 0 bridgehead atoms. The summed E-state index contributed by atoms with van der Waals surface area (Å²) in [5, 5.41) is 3.64. The second-order valence-corrected chi connectivity index (χ2v) is 5.69. The van der Waals surface area contributed by atoms with Gasteiger partial charge in [-0.1, -0.05) is 5.16 Å². The topological polar surface area (TPSA) is 89.4 Å². The summed E-state index contributed by atoms with van der Waals surface area (Å²) in [5.74, 6) is 0.300. The van der Waals surface area contributed by atoms with Crippen LogP contribution in [0, 0.1) is 13.8 Å². The van der Waals surface area contributed by atoms with Gasteiger partial charge in [-0.3, -0.25) is 0 Å². The van der Waals surface area contributed by atoms with E-state index in [1.165, 1.54) is 11.4 Å². The van der Waals surface area contributed by atoms with Gasteiger partial charge in [0, 0.05) is 19.6 Å². The van der Waals surface area contributed by atoms with E-state index in [1.807, 2.05) is 0 Å². The Balaban J connectivity index is 3.22. The van der Waals surface area contributed by atoms with Crippen LogP contribution in [0.15, 0.2) is 9.42 Å². The van der Waals surface area contributed by atoms with E-state index in [-0.39, 0.29) is 17.5 Å². The Kier molecular flexibility index (Phi) is 3.72. The fourth-order valence-corrected chi connectivity index (χ4v) is 3.03. The predicted molar refractivity (Wildman–Crippen MR) is 59.4 cm³/mol. The van der Waals surface area contributed by atoms with Crippen LogP contribution in [0.1, 0.15) is 18.4 Å². The first-order valence-electron chi connectivity index (χ1n) is 4.93. The van der Waals surface area contributed by atoms with Crippen LogP contribution in [-0.2, 0) is 10.0 Å². The van der Waals surface area contributed by atoms with Gasteiger partial charge in [-0.15, -0.1) is 0 Å². The van der Waals surface area contributed by atoms with E-state index < -0.39 is 10.0 Å². The molecular weight excluding hydrogens is 230 g/mol. The Bertz CT molecular complexity index is 447. The quantitative estimate of drug-likeness (QED) is 0.824. The first kappa shape index (κ1) is 13.1. The maximum atomic E-state index is 12.2. The van der Waals surface area contributed by atoms with Gasteiger partial charge < -0.3 is 10.3 Å². The molecule has 1 rings (SSSR count). The molecule has 0 aliphatic rings. The van der Waals surface area contributed by atoms with Gasteiger partial charge in [0.2, 0.25) is 10.0 Å². The fourth-order valence-electron chi connectivity index (χ4n) is 1.37. The number of aromatic nitrogens is 1. The lowest BCUT2D eigenvalue weighted by Gasteiger charge is -2.22. The highest BCUT2D eigenvalue weighted by Gasteiger charge is 2.30. The molecule has 2 N–H and O–H groups in total. The fraction of sp³-hybridized carbons (Fsp3) is 0.667. The Morgan fingerprint density at radius 3 is 2.44 bits per heavy atom. The van der Waals surface area contributed by atoms with Crippen molar-refractivity contribution in [1.29, 1.82) is 0 Å². The van der Waals surface area contributed by atoms with Gasteiger partial charge in [-0.2, -0.15) is 4.31 Å². The van der Waals surface area contributed by atoms with Gasteiger partial charge >= 0.3 is 0 Å². The van der Waals surface area contributed by atoms with Crippen molar-refractivity contribution < 1.29 is 12.9 Å². The van der Waals surface area contributed by atoms with E-state index in [0.29, 0.717) is 11.5 Å². The second kappa shape index (κ2) is 4.52. The third-order valence-corrected chi connectivity index (χ3v) is 4.78. The Morgan fingerprint density at radius 2 is 2.06 bits per heavy atom. The number of rotatable bonds is 4. The van der Waals surface area contributed by atoms with Crippen LogP contribution >= 0.6 is 0 Å². The van der Waals surface area contributed by atoms with Crippen LogP contribution < -0.4 is 5.73 Å². The van der Waals surface area contributed by atoms with Crippen LogP contribution in [0.2, 0.25) is 0 Å². The van der Waals surface area contributed by atoms with Crippen molar-refractivity contribution in [2.24, 2.45) is 5.73 Å². The first-order chi connectivity index (χ1) is 7.32. The number of hydrogen-bond donors (Lipinski definition) is 1. The summed E-state index contributed by atoms with van der Waals surface area (Å²) >= 11 is 0. The first-order valence-corrected chi connectivity index (χ1v) is 6.37. The maximum absolute atomic E-state index is 12.2. The average molecular weight is 247 g/mol. The summed E-state index contributed by atoms with van der Waals surface area (Å²) in [6.07, 6.45) is 0. The van der Waals surface area contributed by atoms with E-state index in [9.17, 15) is 8.42 Å². The van der Waals surface area contributed by atoms with Gasteiger partial charge in [0.15, 0.2) is 5.76 Å². The largest absolute Gasteiger partial charge is 0.360 e. The van der Waals surface area contributed by atoms with Gasteiger partial charge in [-0.25, -0.2) is 8.42 Å². The molecule has 0 aliphatic heterocycles. The molecule has 1 aromatic heterocycles. The van der Waals surface area contributed by atoms with Crippen molar-refractivity contribution in [2.75, 3.05) is 13.6 Å². The summed E-state index contributed by atoms with van der Waals surface area (Å²) in [6, 6.07) is -0.265. The molecule has 1 heterocycles. The lowest BCUT2D eigenvalue weighted by Crippen LogP contribution is -2.39. The molecule has 1 atom stereocenters. The molecule has 0 spiro atoms. The minimum atomic E-state index is -3.57. The smallest absolute Gasteiger partial charge is 0.248 e. The molecule has 0 radical (unpaired) electrons. The minimum Gasteiger partial charge on any atom is -0.360 e. The van der Waals surface area contributed by atoms with Gasteiger partial charge in [-0.05, 0) is 20.8 Å². The molecule has 0 amide bonds. The lowest BCUT2D eigenvalue weighted by molar-refractivity contribution is 0.383. The zero-order chi connectivity index (χ0) is 12.5. The third kappa shape index (κ3) is 2.11. The number of nitrogens with zero attached hydrogens (tertiary/aromatic N) is 2. The summed E-state index contributed by atoms with van der Waals surface area (Å²) in [5.41, 5.74) is 5.82. The molecule has 1 aromatic rings. The molecule has 0 fully saturated rings. The summed E-state index contributed by atoms with van der Waals surface area (Å²) in [7, 11) is -2.07. The Labute approximate surface area is 95.4 Å². The monoisotopic (exact) mass is 247 g/mol. The second-order valence-electron chi connectivity index (χ2n) is 3.76. The van der Waals surface area contributed by atoms with E-state index in [2.05, 4.69) is 5.16 Å². The molecule has 0 saturated carbocycles. The predicted octanol–water partition coefficient (Wildman–Crippen LogP) is 0.259. The third-order valence-electron chi connectivity index (χ3n) is 2.57. The molecule has 92 valence electrons. The minimum absolute atomic E-state index is 0.135. The highest BCUT2D eigenvalue weighted by molar-refractivity contribution is 7.89. The van der Waals surface area contributed by atoms with Crippen molar-refractivity contribution in [1.82, 2.24) is 9.46 Å². The maximum Gasteiger partial charge on any atom is 0.248 e. The normalized spacial score (nSPS) is 14.4. The van der Waals surface area contributed by atoms with Gasteiger partial charge in [0.05, 0.1) is 0 Å². The van der Waals surface area contributed by atoms with Crippen LogP contribution in [0.25, 0.3) is 0 Å².